The molecule has 3 aromatic rings. The molecule has 0 aliphatic heterocycles. The van der Waals surface area contributed by atoms with Gasteiger partial charge < -0.3 is 19.9 Å². The maximum absolute atomic E-state index is 12.1. The Balaban J connectivity index is 1.50. The fraction of sp³-hybridized carbons (Fsp3) is 0.318. The second kappa shape index (κ2) is 8.77. The standard InChI is InChI=1S/C22H26N4O3/c1-22(2,3)20-25-19(26-29-20)16-7-9-17(10-8-16)24-21(27)23-14-13-15-5-11-18(28-4)12-6-15/h5-12H,13-14H2,1-4H3,(H2,23,24,27). The lowest BCUT2D eigenvalue weighted by Crippen LogP contribution is -2.30. The van der Waals surface area contributed by atoms with Gasteiger partial charge in [-0.1, -0.05) is 38.1 Å². The topological polar surface area (TPSA) is 89.3 Å². The number of rotatable bonds is 6. The van der Waals surface area contributed by atoms with Crippen LogP contribution in [0.5, 0.6) is 5.75 Å². The third-order valence-corrected chi connectivity index (χ3v) is 4.33. The Bertz CT molecular complexity index is 941. The summed E-state index contributed by atoms with van der Waals surface area (Å²) >= 11 is 0. The van der Waals surface area contributed by atoms with Crippen LogP contribution in [0.1, 0.15) is 32.2 Å². The van der Waals surface area contributed by atoms with Crippen LogP contribution in [0.15, 0.2) is 53.1 Å². The van der Waals surface area contributed by atoms with E-state index in [1.54, 1.807) is 7.11 Å². The smallest absolute Gasteiger partial charge is 0.319 e. The predicted octanol–water partition coefficient (Wildman–Crippen LogP) is 4.41. The summed E-state index contributed by atoms with van der Waals surface area (Å²) in [7, 11) is 1.64. The van der Waals surface area contributed by atoms with Gasteiger partial charge >= 0.3 is 6.03 Å². The maximum Gasteiger partial charge on any atom is 0.319 e. The normalized spacial score (nSPS) is 11.2. The molecule has 1 heterocycles. The minimum absolute atomic E-state index is 0.198. The quantitative estimate of drug-likeness (QED) is 0.646. The molecule has 0 saturated carbocycles. The summed E-state index contributed by atoms with van der Waals surface area (Å²) in [5, 5.41) is 9.70. The molecule has 0 radical (unpaired) electrons. The van der Waals surface area contributed by atoms with Gasteiger partial charge in [-0.15, -0.1) is 0 Å². The van der Waals surface area contributed by atoms with Crippen LogP contribution in [0.4, 0.5) is 10.5 Å². The van der Waals surface area contributed by atoms with Crippen molar-refractivity contribution in [2.45, 2.75) is 32.6 Å². The van der Waals surface area contributed by atoms with E-state index in [1.807, 2.05) is 69.3 Å². The van der Waals surface area contributed by atoms with E-state index in [0.717, 1.165) is 23.3 Å². The number of aromatic nitrogens is 2. The zero-order valence-corrected chi connectivity index (χ0v) is 17.2. The number of nitrogens with zero attached hydrogens (tertiary/aromatic N) is 2. The number of methoxy groups -OCH3 is 1. The lowest BCUT2D eigenvalue weighted by atomic mass is 9.97. The van der Waals surface area contributed by atoms with Gasteiger partial charge in [-0.25, -0.2) is 4.79 Å². The van der Waals surface area contributed by atoms with E-state index in [0.29, 0.717) is 23.9 Å². The van der Waals surface area contributed by atoms with Gasteiger partial charge in [0.1, 0.15) is 5.75 Å². The number of urea groups is 1. The van der Waals surface area contributed by atoms with Crippen molar-refractivity contribution >= 4 is 11.7 Å². The van der Waals surface area contributed by atoms with Gasteiger partial charge in [0.25, 0.3) is 0 Å². The van der Waals surface area contributed by atoms with Crippen LogP contribution in [-0.4, -0.2) is 29.8 Å². The molecular weight excluding hydrogens is 368 g/mol. The maximum atomic E-state index is 12.1. The largest absolute Gasteiger partial charge is 0.497 e. The van der Waals surface area contributed by atoms with E-state index < -0.39 is 0 Å². The number of benzene rings is 2. The van der Waals surface area contributed by atoms with Crippen molar-refractivity contribution in [1.29, 1.82) is 0 Å². The van der Waals surface area contributed by atoms with Crippen molar-refractivity contribution in [1.82, 2.24) is 15.5 Å². The van der Waals surface area contributed by atoms with E-state index in [-0.39, 0.29) is 11.4 Å². The number of anilines is 1. The Morgan fingerprint density at radius 2 is 1.76 bits per heavy atom. The number of carbonyl (C=O) groups is 1. The number of carbonyl (C=O) groups excluding carboxylic acids is 1. The van der Waals surface area contributed by atoms with E-state index in [1.165, 1.54) is 0 Å². The molecule has 2 N–H and O–H groups in total. The van der Waals surface area contributed by atoms with Crippen LogP contribution < -0.4 is 15.4 Å². The molecule has 2 aromatic carbocycles. The number of hydrogen-bond acceptors (Lipinski definition) is 5. The Kier molecular flexibility index (Phi) is 6.16. The Morgan fingerprint density at radius 1 is 1.07 bits per heavy atom. The fourth-order valence-corrected chi connectivity index (χ4v) is 2.64. The average Bonchev–Trinajstić information content (AvgIpc) is 3.20. The van der Waals surface area contributed by atoms with Crippen LogP contribution in [0.25, 0.3) is 11.4 Å². The molecule has 152 valence electrons. The third kappa shape index (κ3) is 5.57. The van der Waals surface area contributed by atoms with Gasteiger partial charge in [0.15, 0.2) is 0 Å². The molecule has 7 heteroatoms. The first-order chi connectivity index (χ1) is 13.8. The molecule has 0 spiro atoms. The summed E-state index contributed by atoms with van der Waals surface area (Å²) < 4.78 is 10.5. The Labute approximate surface area is 170 Å². The molecule has 0 atom stereocenters. The summed E-state index contributed by atoms with van der Waals surface area (Å²) in [5.41, 5.74) is 2.45. The van der Waals surface area contributed by atoms with E-state index in [2.05, 4.69) is 20.8 Å². The number of ether oxygens (including phenoxy) is 1. The minimum atomic E-state index is -0.249. The Morgan fingerprint density at radius 3 is 2.34 bits per heavy atom. The van der Waals surface area contributed by atoms with Crippen LogP contribution in [0.3, 0.4) is 0 Å². The predicted molar refractivity (Wildman–Crippen MR) is 112 cm³/mol. The molecule has 0 fully saturated rings. The molecule has 1 aromatic heterocycles. The lowest BCUT2D eigenvalue weighted by molar-refractivity contribution is 0.252. The van der Waals surface area contributed by atoms with Gasteiger partial charge in [-0.2, -0.15) is 4.98 Å². The van der Waals surface area contributed by atoms with Gasteiger partial charge in [-0.05, 0) is 48.4 Å². The highest BCUT2D eigenvalue weighted by Crippen LogP contribution is 2.24. The van der Waals surface area contributed by atoms with Crippen LogP contribution in [0, 0.1) is 0 Å². The van der Waals surface area contributed by atoms with Crippen LogP contribution in [-0.2, 0) is 11.8 Å². The van der Waals surface area contributed by atoms with Gasteiger partial charge in [0.05, 0.1) is 7.11 Å². The highest BCUT2D eigenvalue weighted by atomic mass is 16.5. The molecule has 2 amide bonds. The zero-order chi connectivity index (χ0) is 20.9. The summed E-state index contributed by atoms with van der Waals surface area (Å²) in [6, 6.07) is 14.9. The summed E-state index contributed by atoms with van der Waals surface area (Å²) in [6.07, 6.45) is 0.740. The van der Waals surface area contributed by atoms with Gasteiger partial charge in [-0.3, -0.25) is 0 Å². The highest BCUT2D eigenvalue weighted by Gasteiger charge is 2.22. The summed E-state index contributed by atoms with van der Waals surface area (Å²) in [5.74, 6) is 1.94. The SMILES string of the molecule is COc1ccc(CCNC(=O)Nc2ccc(-c3noc(C(C)(C)C)n3)cc2)cc1. The number of hydrogen-bond donors (Lipinski definition) is 2. The van der Waals surface area contributed by atoms with Gasteiger partial charge in [0, 0.05) is 23.2 Å². The van der Waals surface area contributed by atoms with Crippen LogP contribution in [0.2, 0.25) is 0 Å². The second-order valence-electron chi connectivity index (χ2n) is 7.73. The van der Waals surface area contributed by atoms with Crippen LogP contribution >= 0.6 is 0 Å². The minimum Gasteiger partial charge on any atom is -0.497 e. The monoisotopic (exact) mass is 394 g/mol. The Hall–Kier alpha value is -3.35. The molecule has 0 saturated heterocycles. The molecular formula is C22H26N4O3. The van der Waals surface area contributed by atoms with Crippen molar-refractivity contribution in [3.63, 3.8) is 0 Å². The first kappa shape index (κ1) is 20.4. The summed E-state index contributed by atoms with van der Waals surface area (Å²) in [6.45, 7) is 6.59. The number of nitrogens with one attached hydrogen (secondary N) is 2. The second-order valence-corrected chi connectivity index (χ2v) is 7.73. The molecule has 0 aliphatic rings. The van der Waals surface area contributed by atoms with E-state index in [9.17, 15) is 4.79 Å². The highest BCUT2D eigenvalue weighted by molar-refractivity contribution is 5.89. The fourth-order valence-electron chi connectivity index (χ4n) is 2.64. The number of amides is 2. The molecule has 7 nitrogen and oxygen atoms in total. The van der Waals surface area contributed by atoms with Crippen molar-refractivity contribution in [2.75, 3.05) is 19.0 Å². The molecule has 0 aliphatic carbocycles. The van der Waals surface area contributed by atoms with Crippen molar-refractivity contribution in [3.05, 3.63) is 60.0 Å². The van der Waals surface area contributed by atoms with Crippen molar-refractivity contribution < 1.29 is 14.1 Å². The van der Waals surface area contributed by atoms with Gasteiger partial charge in [0.2, 0.25) is 11.7 Å². The molecule has 29 heavy (non-hydrogen) atoms. The third-order valence-electron chi connectivity index (χ3n) is 4.33. The first-order valence-electron chi connectivity index (χ1n) is 9.47. The van der Waals surface area contributed by atoms with Crippen molar-refractivity contribution in [3.8, 4) is 17.1 Å². The summed E-state index contributed by atoms with van der Waals surface area (Å²) in [4.78, 5) is 16.5. The zero-order valence-electron chi connectivity index (χ0n) is 17.2. The van der Waals surface area contributed by atoms with E-state index >= 15 is 0 Å². The lowest BCUT2D eigenvalue weighted by Gasteiger charge is -2.10. The first-order valence-corrected chi connectivity index (χ1v) is 9.47. The molecule has 0 unspecified atom stereocenters. The van der Waals surface area contributed by atoms with E-state index in [4.69, 9.17) is 9.26 Å². The van der Waals surface area contributed by atoms with Crippen molar-refractivity contribution in [2.24, 2.45) is 0 Å². The average molecular weight is 394 g/mol. The molecule has 3 rings (SSSR count). The molecule has 0 bridgehead atoms.